The molecule has 0 aliphatic carbocycles. The summed E-state index contributed by atoms with van der Waals surface area (Å²) < 4.78 is 16.8. The predicted octanol–water partition coefficient (Wildman–Crippen LogP) is 17.8. The van der Waals surface area contributed by atoms with Crippen molar-refractivity contribution in [1.29, 1.82) is 0 Å². The Labute approximate surface area is 400 Å². The van der Waals surface area contributed by atoms with Gasteiger partial charge >= 0.3 is 17.9 Å². The Morgan fingerprint density at radius 1 is 0.323 bits per heavy atom. The van der Waals surface area contributed by atoms with E-state index in [1.807, 2.05) is 0 Å². The Morgan fingerprint density at radius 3 is 0.969 bits per heavy atom. The first kappa shape index (κ1) is 61.3. The fourth-order valence-corrected chi connectivity index (χ4v) is 7.13. The first-order chi connectivity index (χ1) is 32.0. The number of unbranched alkanes of at least 4 members (excludes halogenated alkanes) is 20. The minimum atomic E-state index is -0.804. The van der Waals surface area contributed by atoms with Crippen LogP contribution in [-0.4, -0.2) is 37.2 Å². The highest BCUT2D eigenvalue weighted by Gasteiger charge is 2.19. The molecule has 0 N–H and O–H groups in total. The first-order valence-corrected chi connectivity index (χ1v) is 26.7. The third kappa shape index (κ3) is 51.2. The molecule has 6 heteroatoms. The van der Waals surface area contributed by atoms with E-state index in [4.69, 9.17) is 14.2 Å². The second-order valence-corrected chi connectivity index (χ2v) is 17.4. The second-order valence-electron chi connectivity index (χ2n) is 17.4. The Bertz CT molecular complexity index is 1310. The van der Waals surface area contributed by atoms with Crippen LogP contribution >= 0.6 is 0 Å². The third-order valence-electron chi connectivity index (χ3n) is 11.1. The van der Waals surface area contributed by atoms with Crippen molar-refractivity contribution in [1.82, 2.24) is 0 Å². The van der Waals surface area contributed by atoms with Gasteiger partial charge in [-0.2, -0.15) is 0 Å². The van der Waals surface area contributed by atoms with Crippen LogP contribution < -0.4 is 0 Å². The maximum Gasteiger partial charge on any atom is 0.306 e. The molecule has 0 aromatic carbocycles. The van der Waals surface area contributed by atoms with Crippen molar-refractivity contribution >= 4 is 17.9 Å². The molecule has 0 heterocycles. The number of esters is 3. The molecule has 0 bridgehead atoms. The van der Waals surface area contributed by atoms with E-state index in [0.717, 1.165) is 116 Å². The summed E-state index contributed by atoms with van der Waals surface area (Å²) in [6, 6.07) is 0. The molecule has 0 saturated heterocycles. The molecule has 0 aromatic heterocycles. The standard InChI is InChI=1S/C59H98O6/c1-4-7-10-13-16-19-22-25-27-28-29-30-32-34-37-40-43-46-49-52-58(61)64-55-56(54-63-57(60)51-48-45-42-39-36-33-24-21-18-15-12-9-6-3)65-59(62)53-50-47-44-41-38-35-31-26-23-20-17-14-11-8-5-2/h7-8,10-11,16-17,19-20,25-27,29-31,38,41,56H,4-6,9,12-15,18,21-24,28,32-37,39-40,42-55H2,1-3H3/b10-7-,11-8-,19-16-,20-17-,27-25-,30-29-,31-26-,41-38-. The van der Waals surface area contributed by atoms with Crippen molar-refractivity contribution in [3.63, 3.8) is 0 Å². The van der Waals surface area contributed by atoms with Crippen LogP contribution in [0.3, 0.4) is 0 Å². The molecule has 0 rings (SSSR count). The van der Waals surface area contributed by atoms with Crippen LogP contribution in [0.4, 0.5) is 0 Å². The summed E-state index contributed by atoms with van der Waals surface area (Å²) in [5, 5.41) is 0. The lowest BCUT2D eigenvalue weighted by atomic mass is 10.0. The van der Waals surface area contributed by atoms with Gasteiger partial charge in [0, 0.05) is 19.3 Å². The minimum absolute atomic E-state index is 0.0981. The lowest BCUT2D eigenvalue weighted by Gasteiger charge is -2.18. The molecule has 0 fully saturated rings. The molecule has 6 nitrogen and oxygen atoms in total. The lowest BCUT2D eigenvalue weighted by Crippen LogP contribution is -2.30. The van der Waals surface area contributed by atoms with E-state index in [0.29, 0.717) is 19.3 Å². The van der Waals surface area contributed by atoms with Gasteiger partial charge in [0.2, 0.25) is 0 Å². The zero-order valence-corrected chi connectivity index (χ0v) is 42.2. The van der Waals surface area contributed by atoms with E-state index in [1.165, 1.54) is 77.0 Å². The number of ether oxygens (including phenoxy) is 3. The van der Waals surface area contributed by atoms with Crippen LogP contribution in [0.2, 0.25) is 0 Å². The molecule has 0 aliphatic rings. The summed E-state index contributed by atoms with van der Waals surface area (Å²) in [5.74, 6) is -0.954. The summed E-state index contributed by atoms with van der Waals surface area (Å²) >= 11 is 0. The van der Waals surface area contributed by atoms with Gasteiger partial charge in [-0.05, 0) is 96.3 Å². The Hall–Kier alpha value is -3.67. The number of allylic oxidation sites excluding steroid dienone is 16. The van der Waals surface area contributed by atoms with E-state index in [1.54, 1.807) is 0 Å². The topological polar surface area (TPSA) is 78.9 Å². The number of hydrogen-bond acceptors (Lipinski definition) is 6. The predicted molar refractivity (Wildman–Crippen MR) is 279 cm³/mol. The fraction of sp³-hybridized carbons (Fsp3) is 0.678. The molecule has 0 aromatic rings. The van der Waals surface area contributed by atoms with Crippen LogP contribution in [0, 0.1) is 0 Å². The molecule has 1 unspecified atom stereocenters. The zero-order valence-electron chi connectivity index (χ0n) is 42.2. The van der Waals surface area contributed by atoms with Crippen LogP contribution in [0.1, 0.15) is 239 Å². The van der Waals surface area contributed by atoms with Crippen LogP contribution in [0.25, 0.3) is 0 Å². The van der Waals surface area contributed by atoms with Gasteiger partial charge in [0.15, 0.2) is 6.10 Å². The average Bonchev–Trinajstić information content (AvgIpc) is 3.30. The highest BCUT2D eigenvalue weighted by Crippen LogP contribution is 2.14. The van der Waals surface area contributed by atoms with E-state index in [9.17, 15) is 14.4 Å². The van der Waals surface area contributed by atoms with Crippen molar-refractivity contribution < 1.29 is 28.6 Å². The maximum atomic E-state index is 12.8. The summed E-state index contributed by atoms with van der Waals surface area (Å²) in [5.41, 5.74) is 0. The van der Waals surface area contributed by atoms with E-state index < -0.39 is 6.10 Å². The van der Waals surface area contributed by atoms with E-state index >= 15 is 0 Å². The minimum Gasteiger partial charge on any atom is -0.462 e. The van der Waals surface area contributed by atoms with Crippen molar-refractivity contribution in [2.45, 2.75) is 245 Å². The molecule has 0 amide bonds. The monoisotopic (exact) mass is 903 g/mol. The number of carbonyl (C=O) groups excluding carboxylic acids is 3. The number of hydrogen-bond donors (Lipinski definition) is 0. The van der Waals surface area contributed by atoms with Gasteiger partial charge in [0.05, 0.1) is 0 Å². The molecule has 65 heavy (non-hydrogen) atoms. The zero-order chi connectivity index (χ0) is 47.2. The average molecular weight is 903 g/mol. The van der Waals surface area contributed by atoms with Gasteiger partial charge in [-0.3, -0.25) is 14.4 Å². The Balaban J connectivity index is 4.46. The summed E-state index contributed by atoms with van der Waals surface area (Å²) in [4.78, 5) is 38.0. The highest BCUT2D eigenvalue weighted by atomic mass is 16.6. The highest BCUT2D eigenvalue weighted by molar-refractivity contribution is 5.71. The largest absolute Gasteiger partial charge is 0.462 e. The smallest absolute Gasteiger partial charge is 0.306 e. The molecule has 370 valence electrons. The van der Waals surface area contributed by atoms with Gasteiger partial charge in [-0.25, -0.2) is 0 Å². The van der Waals surface area contributed by atoms with Gasteiger partial charge in [0.25, 0.3) is 0 Å². The summed E-state index contributed by atoms with van der Waals surface area (Å²) in [6.07, 6.45) is 69.6. The lowest BCUT2D eigenvalue weighted by molar-refractivity contribution is -0.167. The van der Waals surface area contributed by atoms with E-state index in [2.05, 4.69) is 118 Å². The molecule has 0 aliphatic heterocycles. The van der Waals surface area contributed by atoms with Gasteiger partial charge in [0.1, 0.15) is 13.2 Å². The molecular weight excluding hydrogens is 805 g/mol. The molecular formula is C59H98O6. The van der Waals surface area contributed by atoms with Gasteiger partial charge in [-0.15, -0.1) is 0 Å². The first-order valence-electron chi connectivity index (χ1n) is 26.7. The normalized spacial score (nSPS) is 12.8. The van der Waals surface area contributed by atoms with Crippen LogP contribution in [-0.2, 0) is 28.6 Å². The van der Waals surface area contributed by atoms with Crippen LogP contribution in [0.5, 0.6) is 0 Å². The Morgan fingerprint density at radius 2 is 0.600 bits per heavy atom. The maximum absolute atomic E-state index is 12.8. The number of carbonyl (C=O) groups is 3. The van der Waals surface area contributed by atoms with Crippen molar-refractivity contribution in [2.75, 3.05) is 13.2 Å². The molecule has 0 spiro atoms. The summed E-state index contributed by atoms with van der Waals surface area (Å²) in [6.45, 7) is 6.36. The quantitative estimate of drug-likeness (QED) is 0.0262. The van der Waals surface area contributed by atoms with Crippen molar-refractivity contribution in [2.24, 2.45) is 0 Å². The van der Waals surface area contributed by atoms with Crippen molar-refractivity contribution in [3.05, 3.63) is 97.2 Å². The van der Waals surface area contributed by atoms with Gasteiger partial charge in [-0.1, -0.05) is 221 Å². The fourth-order valence-electron chi connectivity index (χ4n) is 7.13. The Kier molecular flexibility index (Phi) is 50.0. The number of rotatable bonds is 47. The molecule has 1 atom stereocenters. The van der Waals surface area contributed by atoms with Crippen molar-refractivity contribution in [3.8, 4) is 0 Å². The molecule has 0 radical (unpaired) electrons. The van der Waals surface area contributed by atoms with Gasteiger partial charge < -0.3 is 14.2 Å². The van der Waals surface area contributed by atoms with Crippen LogP contribution in [0.15, 0.2) is 97.2 Å². The molecule has 0 saturated carbocycles. The summed E-state index contributed by atoms with van der Waals surface area (Å²) in [7, 11) is 0. The second kappa shape index (κ2) is 52.9. The van der Waals surface area contributed by atoms with E-state index in [-0.39, 0.29) is 37.5 Å². The third-order valence-corrected chi connectivity index (χ3v) is 11.1. The SMILES string of the molecule is CC/C=C\C/C=C\C/C=C\C/C=C\CCCCCCCCC(=O)OCC(COC(=O)CCCCCCCCCCCCCCC)OC(=O)CCCC/C=C\C/C=C\C/C=C\C/C=C\CC.